The maximum absolute atomic E-state index is 12.8. The number of piperidine rings is 1. The largest absolute Gasteiger partial charge is 0.497 e. The zero-order valence-corrected chi connectivity index (χ0v) is 17.4. The van der Waals surface area contributed by atoms with E-state index in [9.17, 15) is 13.2 Å². The van der Waals surface area contributed by atoms with E-state index in [1.807, 2.05) is 0 Å². The van der Waals surface area contributed by atoms with Gasteiger partial charge in [-0.15, -0.1) is 5.10 Å². The fraction of sp³-hybridized carbons (Fsp3) is 0.526. The summed E-state index contributed by atoms with van der Waals surface area (Å²) in [7, 11) is -2.09. The van der Waals surface area contributed by atoms with Crippen molar-refractivity contribution in [1.29, 1.82) is 0 Å². The van der Waals surface area contributed by atoms with Gasteiger partial charge in [0, 0.05) is 25.6 Å². The minimum absolute atomic E-state index is 0.0405. The molecule has 4 rings (SSSR count). The van der Waals surface area contributed by atoms with E-state index in [-0.39, 0.29) is 41.9 Å². The molecule has 0 aliphatic carbocycles. The molecule has 0 radical (unpaired) electrons. The molecule has 1 atom stereocenters. The summed E-state index contributed by atoms with van der Waals surface area (Å²) in [5.41, 5.74) is 0. The Labute approximate surface area is 174 Å². The molecule has 2 saturated heterocycles. The van der Waals surface area contributed by atoms with E-state index >= 15 is 0 Å². The fourth-order valence-corrected chi connectivity index (χ4v) is 5.12. The van der Waals surface area contributed by atoms with E-state index in [1.165, 1.54) is 23.5 Å². The van der Waals surface area contributed by atoms with Crippen LogP contribution in [0.5, 0.6) is 5.75 Å². The average Bonchev–Trinajstić information content (AvgIpc) is 3.46. The van der Waals surface area contributed by atoms with Crippen molar-refractivity contribution in [3.8, 4) is 5.75 Å². The molecule has 162 valence electrons. The number of anilines is 1. The van der Waals surface area contributed by atoms with Crippen LogP contribution in [0.15, 0.2) is 33.6 Å². The van der Waals surface area contributed by atoms with Gasteiger partial charge in [0.1, 0.15) is 11.9 Å². The van der Waals surface area contributed by atoms with Gasteiger partial charge in [-0.25, -0.2) is 8.42 Å². The Morgan fingerprint density at radius 2 is 1.90 bits per heavy atom. The number of methoxy groups -OCH3 is 1. The highest BCUT2D eigenvalue weighted by atomic mass is 32.2. The number of benzene rings is 1. The fourth-order valence-electron chi connectivity index (χ4n) is 3.65. The molecular weight excluding hydrogens is 412 g/mol. The molecule has 10 nitrogen and oxygen atoms in total. The summed E-state index contributed by atoms with van der Waals surface area (Å²) in [5.74, 6) is 0.376. The molecule has 30 heavy (non-hydrogen) atoms. The van der Waals surface area contributed by atoms with Crippen LogP contribution in [0, 0.1) is 5.92 Å². The molecule has 2 fully saturated rings. The van der Waals surface area contributed by atoms with E-state index in [4.69, 9.17) is 13.9 Å². The predicted molar refractivity (Wildman–Crippen MR) is 105 cm³/mol. The van der Waals surface area contributed by atoms with Crippen molar-refractivity contribution >= 4 is 21.9 Å². The minimum Gasteiger partial charge on any atom is -0.497 e. The van der Waals surface area contributed by atoms with Crippen LogP contribution in [0.2, 0.25) is 0 Å². The second-order valence-corrected chi connectivity index (χ2v) is 9.23. The lowest BCUT2D eigenvalue weighted by Gasteiger charge is -2.30. The van der Waals surface area contributed by atoms with E-state index in [0.29, 0.717) is 31.1 Å². The normalized spacial score (nSPS) is 20.9. The molecule has 2 aromatic rings. The number of aromatic nitrogens is 2. The van der Waals surface area contributed by atoms with Crippen molar-refractivity contribution in [3.63, 3.8) is 0 Å². The number of carbonyl (C=O) groups is 1. The van der Waals surface area contributed by atoms with Crippen molar-refractivity contribution < 1.29 is 27.1 Å². The standard InChI is InChI=1S/C19H24N4O6S/c1-27-14-4-6-15(7-5-14)30(25,26)23-10-8-13(9-11-23)17(24)20-19-22-21-18(29-19)16-3-2-12-28-16/h4-7,13,16H,2-3,8-12H2,1H3,(H,20,22,24). The van der Waals surface area contributed by atoms with Gasteiger partial charge >= 0.3 is 6.01 Å². The van der Waals surface area contributed by atoms with E-state index in [1.54, 1.807) is 12.1 Å². The Morgan fingerprint density at radius 3 is 2.53 bits per heavy atom. The Balaban J connectivity index is 1.32. The number of carbonyl (C=O) groups excluding carboxylic acids is 1. The van der Waals surface area contributed by atoms with Crippen LogP contribution in [-0.2, 0) is 19.6 Å². The molecule has 0 saturated carbocycles. The van der Waals surface area contributed by atoms with Gasteiger partial charge < -0.3 is 13.9 Å². The topological polar surface area (TPSA) is 124 Å². The van der Waals surface area contributed by atoms with Gasteiger partial charge in [-0.2, -0.15) is 4.31 Å². The molecular formula is C19H24N4O6S. The van der Waals surface area contributed by atoms with Crippen LogP contribution in [0.4, 0.5) is 6.01 Å². The third-order valence-corrected chi connectivity index (χ3v) is 7.31. The highest BCUT2D eigenvalue weighted by Gasteiger charge is 2.33. The van der Waals surface area contributed by atoms with Gasteiger partial charge in [-0.1, -0.05) is 5.10 Å². The molecule has 0 spiro atoms. The van der Waals surface area contributed by atoms with Gasteiger partial charge in [0.2, 0.25) is 21.8 Å². The Kier molecular flexibility index (Phi) is 6.02. The van der Waals surface area contributed by atoms with Crippen molar-refractivity contribution in [1.82, 2.24) is 14.5 Å². The molecule has 1 N–H and O–H groups in total. The van der Waals surface area contributed by atoms with Crippen LogP contribution >= 0.6 is 0 Å². The predicted octanol–water partition coefficient (Wildman–Crippen LogP) is 1.97. The highest BCUT2D eigenvalue weighted by Crippen LogP contribution is 2.29. The minimum atomic E-state index is -3.61. The van der Waals surface area contributed by atoms with Gasteiger partial charge in [0.15, 0.2) is 0 Å². The van der Waals surface area contributed by atoms with Crippen molar-refractivity contribution in [3.05, 3.63) is 30.2 Å². The van der Waals surface area contributed by atoms with Gasteiger partial charge in [-0.3, -0.25) is 10.1 Å². The van der Waals surface area contributed by atoms with Crippen LogP contribution in [0.25, 0.3) is 0 Å². The molecule has 1 aromatic heterocycles. The van der Waals surface area contributed by atoms with E-state index in [2.05, 4.69) is 15.5 Å². The maximum atomic E-state index is 12.8. The summed E-state index contributed by atoms with van der Waals surface area (Å²) >= 11 is 0. The van der Waals surface area contributed by atoms with Crippen molar-refractivity contribution in [2.45, 2.75) is 36.7 Å². The summed E-state index contributed by atoms with van der Waals surface area (Å²) in [6, 6.07) is 6.31. The number of hydrogen-bond donors (Lipinski definition) is 1. The van der Waals surface area contributed by atoms with Gasteiger partial charge in [0.05, 0.1) is 12.0 Å². The second-order valence-electron chi connectivity index (χ2n) is 7.29. The molecule has 1 unspecified atom stereocenters. The second kappa shape index (κ2) is 8.70. The van der Waals surface area contributed by atoms with Gasteiger partial charge in [0.25, 0.3) is 0 Å². The third kappa shape index (κ3) is 4.32. The average molecular weight is 436 g/mol. The zero-order valence-electron chi connectivity index (χ0n) is 16.6. The molecule has 3 heterocycles. The summed E-state index contributed by atoms with van der Waals surface area (Å²) < 4.78 is 43.1. The van der Waals surface area contributed by atoms with Crippen LogP contribution in [0.3, 0.4) is 0 Å². The van der Waals surface area contributed by atoms with Crippen LogP contribution in [0.1, 0.15) is 37.7 Å². The Hall–Kier alpha value is -2.50. The number of ether oxygens (including phenoxy) is 2. The van der Waals surface area contributed by atoms with Crippen LogP contribution < -0.4 is 10.1 Å². The molecule has 1 aromatic carbocycles. The number of sulfonamides is 1. The Morgan fingerprint density at radius 1 is 1.17 bits per heavy atom. The first kappa shape index (κ1) is 20.8. The Bertz CT molecular complexity index is 977. The monoisotopic (exact) mass is 436 g/mol. The number of amides is 1. The lowest BCUT2D eigenvalue weighted by molar-refractivity contribution is -0.121. The molecule has 0 bridgehead atoms. The summed E-state index contributed by atoms with van der Waals surface area (Å²) in [6.07, 6.45) is 2.36. The first-order valence-corrected chi connectivity index (χ1v) is 11.3. The molecule has 2 aliphatic rings. The zero-order chi connectivity index (χ0) is 21.1. The van der Waals surface area contributed by atoms with Crippen molar-refractivity contribution in [2.24, 2.45) is 5.92 Å². The quantitative estimate of drug-likeness (QED) is 0.729. The molecule has 1 amide bonds. The summed E-state index contributed by atoms with van der Waals surface area (Å²) in [6.45, 7) is 1.18. The summed E-state index contributed by atoms with van der Waals surface area (Å²) in [4.78, 5) is 12.8. The SMILES string of the molecule is COc1ccc(S(=O)(=O)N2CCC(C(=O)Nc3nnc(C4CCCO4)o3)CC2)cc1. The number of nitrogens with one attached hydrogen (secondary N) is 1. The van der Waals surface area contributed by atoms with Gasteiger partial charge in [-0.05, 0) is 49.9 Å². The summed E-state index contributed by atoms with van der Waals surface area (Å²) in [5, 5.41) is 10.4. The van der Waals surface area contributed by atoms with Crippen molar-refractivity contribution in [2.75, 3.05) is 32.1 Å². The first-order valence-electron chi connectivity index (χ1n) is 9.87. The lowest BCUT2D eigenvalue weighted by atomic mass is 9.97. The maximum Gasteiger partial charge on any atom is 0.322 e. The number of rotatable bonds is 6. The molecule has 11 heteroatoms. The van der Waals surface area contributed by atoms with Crippen LogP contribution in [-0.4, -0.2) is 55.6 Å². The third-order valence-electron chi connectivity index (χ3n) is 5.40. The first-order chi connectivity index (χ1) is 14.5. The van der Waals surface area contributed by atoms with E-state index < -0.39 is 10.0 Å². The highest BCUT2D eigenvalue weighted by molar-refractivity contribution is 7.89. The van der Waals surface area contributed by atoms with E-state index in [0.717, 1.165) is 12.8 Å². The number of hydrogen-bond acceptors (Lipinski definition) is 8. The smallest absolute Gasteiger partial charge is 0.322 e. The lowest BCUT2D eigenvalue weighted by Crippen LogP contribution is -2.41. The molecule has 2 aliphatic heterocycles. The number of nitrogens with zero attached hydrogens (tertiary/aromatic N) is 3.